The van der Waals surface area contributed by atoms with Crippen LogP contribution in [0.2, 0.25) is 0 Å². The minimum Gasteiger partial charge on any atom is -0.486 e. The monoisotopic (exact) mass is 487 g/mol. The summed E-state index contributed by atoms with van der Waals surface area (Å²) in [5.41, 5.74) is 7.09. The molecule has 2 N–H and O–H groups in total. The molecule has 0 spiro atoms. The Labute approximate surface area is 202 Å². The fourth-order valence-corrected chi connectivity index (χ4v) is 4.04. The van der Waals surface area contributed by atoms with Crippen molar-refractivity contribution in [1.82, 2.24) is 19.9 Å². The molecule has 0 aliphatic heterocycles. The molecule has 8 nitrogen and oxygen atoms in total. The van der Waals surface area contributed by atoms with Crippen molar-refractivity contribution in [3.63, 3.8) is 0 Å². The van der Waals surface area contributed by atoms with E-state index in [4.69, 9.17) is 15.2 Å². The van der Waals surface area contributed by atoms with Crippen LogP contribution in [0, 0.1) is 5.82 Å². The number of nitrogens with two attached hydrogens (primary N) is 1. The molecule has 0 fully saturated rings. The second-order valence-corrected chi connectivity index (χ2v) is 11.6. The van der Waals surface area contributed by atoms with Crippen molar-refractivity contribution >= 4 is 34.6 Å². The molecule has 0 radical (unpaired) electrons. The van der Waals surface area contributed by atoms with Crippen molar-refractivity contribution in [3.05, 3.63) is 41.9 Å². The minimum atomic E-state index is -0.519. The summed E-state index contributed by atoms with van der Waals surface area (Å²) >= 11 is 1.66. The van der Waals surface area contributed by atoms with Gasteiger partial charge in [0.05, 0.1) is 24.0 Å². The Kier molecular flexibility index (Phi) is 7.60. The third-order valence-corrected chi connectivity index (χ3v) is 5.30. The predicted octanol–water partition coefficient (Wildman–Crippen LogP) is 4.54. The molecule has 0 unspecified atom stereocenters. The summed E-state index contributed by atoms with van der Waals surface area (Å²) in [4.78, 5) is 30.5. The van der Waals surface area contributed by atoms with Crippen molar-refractivity contribution in [1.29, 1.82) is 0 Å². The SMILES string of the molecule is CC(C)(C)Oc1cc(F)cnc1CCOC(=O)Cc1nc(N)c2ncc(SC(C)(C)C)cc2n1. The zero-order valence-corrected chi connectivity index (χ0v) is 21.1. The van der Waals surface area contributed by atoms with Crippen LogP contribution in [0.3, 0.4) is 0 Å². The lowest BCUT2D eigenvalue weighted by molar-refractivity contribution is -0.142. The molecule has 182 valence electrons. The molecule has 3 aromatic heterocycles. The number of esters is 1. The maximum atomic E-state index is 13.6. The van der Waals surface area contributed by atoms with E-state index in [1.54, 1.807) is 18.0 Å². The van der Waals surface area contributed by atoms with E-state index >= 15 is 0 Å². The van der Waals surface area contributed by atoms with Gasteiger partial charge in [-0.1, -0.05) is 20.8 Å². The Morgan fingerprint density at radius 1 is 1.09 bits per heavy atom. The molecule has 3 rings (SSSR count). The zero-order chi connectivity index (χ0) is 25.1. The van der Waals surface area contributed by atoms with Crippen LogP contribution in [0.25, 0.3) is 11.0 Å². The number of nitrogens with zero attached hydrogens (tertiary/aromatic N) is 4. The van der Waals surface area contributed by atoms with Gasteiger partial charge in [-0.15, -0.1) is 11.8 Å². The van der Waals surface area contributed by atoms with Gasteiger partial charge in [0.2, 0.25) is 0 Å². The number of halogens is 1. The van der Waals surface area contributed by atoms with E-state index in [1.807, 2.05) is 26.8 Å². The number of hydrogen-bond donors (Lipinski definition) is 1. The summed E-state index contributed by atoms with van der Waals surface area (Å²) in [5, 5.41) is 0. The van der Waals surface area contributed by atoms with Crippen LogP contribution in [-0.4, -0.2) is 42.9 Å². The summed E-state index contributed by atoms with van der Waals surface area (Å²) in [6.07, 6.45) is 2.99. The van der Waals surface area contributed by atoms with E-state index < -0.39 is 17.4 Å². The Balaban J connectivity index is 1.65. The first-order valence-corrected chi connectivity index (χ1v) is 11.7. The van der Waals surface area contributed by atoms with Crippen molar-refractivity contribution in [2.45, 2.75) is 69.6 Å². The number of rotatable bonds is 7. The highest BCUT2D eigenvalue weighted by atomic mass is 32.2. The summed E-state index contributed by atoms with van der Waals surface area (Å²) in [6.45, 7) is 12.0. The van der Waals surface area contributed by atoms with E-state index in [9.17, 15) is 9.18 Å². The summed E-state index contributed by atoms with van der Waals surface area (Å²) in [6, 6.07) is 3.17. The van der Waals surface area contributed by atoms with Gasteiger partial charge in [0.1, 0.15) is 34.9 Å². The Hall–Kier alpha value is -3.01. The molecule has 0 aromatic carbocycles. The number of nitrogen functional groups attached to an aromatic ring is 1. The summed E-state index contributed by atoms with van der Waals surface area (Å²) < 4.78 is 24.7. The highest BCUT2D eigenvalue weighted by Crippen LogP contribution is 2.33. The Morgan fingerprint density at radius 2 is 1.82 bits per heavy atom. The van der Waals surface area contributed by atoms with E-state index in [1.165, 1.54) is 6.07 Å². The lowest BCUT2D eigenvalue weighted by atomic mass is 10.2. The molecule has 0 saturated heterocycles. The normalized spacial score (nSPS) is 12.1. The summed E-state index contributed by atoms with van der Waals surface area (Å²) in [5.74, 6) is -0.214. The Morgan fingerprint density at radius 3 is 2.50 bits per heavy atom. The second kappa shape index (κ2) is 10.1. The number of fused-ring (bicyclic) bond motifs is 1. The molecule has 0 atom stereocenters. The van der Waals surface area contributed by atoms with Crippen LogP contribution >= 0.6 is 11.8 Å². The van der Waals surface area contributed by atoms with Gasteiger partial charge in [0.15, 0.2) is 5.82 Å². The molecule has 0 bridgehead atoms. The van der Waals surface area contributed by atoms with Gasteiger partial charge < -0.3 is 15.2 Å². The molecular formula is C24H30FN5O3S. The number of carbonyl (C=O) groups is 1. The van der Waals surface area contributed by atoms with Gasteiger partial charge in [-0.25, -0.2) is 19.3 Å². The first-order chi connectivity index (χ1) is 15.8. The van der Waals surface area contributed by atoms with Crippen molar-refractivity contribution in [3.8, 4) is 5.75 Å². The first kappa shape index (κ1) is 25.6. The Bertz CT molecular complexity index is 1190. The lowest BCUT2D eigenvalue weighted by Crippen LogP contribution is -2.24. The first-order valence-electron chi connectivity index (χ1n) is 10.9. The maximum Gasteiger partial charge on any atom is 0.313 e. The van der Waals surface area contributed by atoms with Gasteiger partial charge in [-0.05, 0) is 26.8 Å². The average Bonchev–Trinajstić information content (AvgIpc) is 2.67. The van der Waals surface area contributed by atoms with E-state index in [0.717, 1.165) is 11.1 Å². The average molecular weight is 488 g/mol. The van der Waals surface area contributed by atoms with Gasteiger partial charge in [-0.2, -0.15) is 0 Å². The molecule has 10 heteroatoms. The molecule has 34 heavy (non-hydrogen) atoms. The fraction of sp³-hybridized carbons (Fsp3) is 0.458. The lowest BCUT2D eigenvalue weighted by Gasteiger charge is -2.22. The maximum absolute atomic E-state index is 13.6. The van der Waals surface area contributed by atoms with Gasteiger partial charge in [0, 0.05) is 28.3 Å². The molecule has 3 heterocycles. The van der Waals surface area contributed by atoms with E-state index in [-0.39, 0.29) is 35.8 Å². The topological polar surface area (TPSA) is 113 Å². The molecule has 0 amide bonds. The van der Waals surface area contributed by atoms with Crippen LogP contribution in [-0.2, 0) is 22.4 Å². The smallest absolute Gasteiger partial charge is 0.313 e. The second-order valence-electron chi connectivity index (χ2n) is 9.74. The molecule has 0 aliphatic carbocycles. The van der Waals surface area contributed by atoms with Crippen molar-refractivity contribution < 1.29 is 18.7 Å². The van der Waals surface area contributed by atoms with Crippen molar-refractivity contribution in [2.75, 3.05) is 12.3 Å². The molecule has 0 aliphatic rings. The van der Waals surface area contributed by atoms with Gasteiger partial charge in [-0.3, -0.25) is 9.78 Å². The minimum absolute atomic E-state index is 0.0116. The number of hydrogen-bond acceptors (Lipinski definition) is 9. The number of pyridine rings is 2. The van der Waals surface area contributed by atoms with Crippen LogP contribution in [0.5, 0.6) is 5.75 Å². The highest BCUT2D eigenvalue weighted by molar-refractivity contribution is 8.00. The number of aromatic nitrogens is 4. The fourth-order valence-electron chi connectivity index (χ4n) is 3.06. The third kappa shape index (κ3) is 7.51. The zero-order valence-electron chi connectivity index (χ0n) is 20.3. The number of ether oxygens (including phenoxy) is 2. The summed E-state index contributed by atoms with van der Waals surface area (Å²) in [7, 11) is 0. The molecule has 0 saturated carbocycles. The standard InChI is InChI=1S/C24H30FN5O3S/c1-23(2,3)33-18-9-14(25)12-27-16(18)7-8-32-20(31)11-19-29-17-10-15(34-24(4,5)6)13-28-21(17)22(26)30-19/h9-10,12-13H,7-8,11H2,1-6H3,(H2,26,29,30). The van der Waals surface area contributed by atoms with Crippen LogP contribution in [0.15, 0.2) is 29.4 Å². The van der Waals surface area contributed by atoms with Gasteiger partial charge in [0.25, 0.3) is 0 Å². The van der Waals surface area contributed by atoms with Crippen LogP contribution in [0.1, 0.15) is 53.1 Å². The van der Waals surface area contributed by atoms with Crippen LogP contribution < -0.4 is 10.5 Å². The van der Waals surface area contributed by atoms with E-state index in [2.05, 4.69) is 40.7 Å². The van der Waals surface area contributed by atoms with Gasteiger partial charge >= 0.3 is 5.97 Å². The third-order valence-electron chi connectivity index (χ3n) is 4.23. The largest absolute Gasteiger partial charge is 0.486 e. The molecule has 3 aromatic rings. The molecular weight excluding hydrogens is 457 g/mol. The quantitative estimate of drug-likeness (QED) is 0.379. The van der Waals surface area contributed by atoms with E-state index in [0.29, 0.717) is 22.5 Å². The number of carbonyl (C=O) groups excluding carboxylic acids is 1. The van der Waals surface area contributed by atoms with Crippen molar-refractivity contribution in [2.24, 2.45) is 0 Å². The number of thioether (sulfide) groups is 1. The highest BCUT2D eigenvalue weighted by Gasteiger charge is 2.18. The number of anilines is 1. The predicted molar refractivity (Wildman–Crippen MR) is 130 cm³/mol. The van der Waals surface area contributed by atoms with Crippen LogP contribution in [0.4, 0.5) is 10.2 Å².